The van der Waals surface area contributed by atoms with E-state index in [1.165, 1.54) is 17.5 Å². The molecule has 6 nitrogen and oxygen atoms in total. The topological polar surface area (TPSA) is 92.9 Å². The molecule has 0 spiro atoms. The highest BCUT2D eigenvalue weighted by molar-refractivity contribution is 7.89. The van der Waals surface area contributed by atoms with Crippen molar-refractivity contribution in [3.05, 3.63) is 60.2 Å². The summed E-state index contributed by atoms with van der Waals surface area (Å²) in [5, 5.41) is 10.7. The Kier molecular flexibility index (Phi) is 9.10. The number of nitrogens with two attached hydrogens (primary N) is 1. The van der Waals surface area contributed by atoms with Crippen molar-refractivity contribution in [3.8, 4) is 5.75 Å². The predicted molar refractivity (Wildman–Crippen MR) is 115 cm³/mol. The molecule has 0 fully saturated rings. The molecule has 0 bridgehead atoms. The minimum absolute atomic E-state index is 0.0444. The van der Waals surface area contributed by atoms with Crippen molar-refractivity contribution in [2.24, 2.45) is 5.73 Å². The third-order valence-electron chi connectivity index (χ3n) is 4.89. The number of unbranched alkanes of at least 4 members (excludes halogenated alkanes) is 2. The van der Waals surface area contributed by atoms with Crippen LogP contribution in [0, 0.1) is 0 Å². The van der Waals surface area contributed by atoms with Gasteiger partial charge in [0.25, 0.3) is 0 Å². The zero-order valence-corrected chi connectivity index (χ0v) is 18.0. The van der Waals surface area contributed by atoms with Crippen LogP contribution in [0.3, 0.4) is 0 Å². The van der Waals surface area contributed by atoms with Gasteiger partial charge in [0.15, 0.2) is 0 Å². The molecule has 2 aromatic carbocycles. The number of hydrogen-bond donors (Lipinski definition) is 2. The maximum Gasteiger partial charge on any atom is 0.243 e. The third kappa shape index (κ3) is 6.82. The van der Waals surface area contributed by atoms with Crippen LogP contribution in [0.2, 0.25) is 0 Å². The largest absolute Gasteiger partial charge is 0.497 e. The number of benzene rings is 2. The number of sulfonamides is 1. The number of hydrogen-bond acceptors (Lipinski definition) is 5. The van der Waals surface area contributed by atoms with E-state index >= 15 is 0 Å². The molecule has 0 saturated heterocycles. The minimum atomic E-state index is -3.78. The molecule has 0 aliphatic rings. The molecule has 160 valence electrons. The molecular formula is C22H32N2O4S. The van der Waals surface area contributed by atoms with E-state index in [1.807, 2.05) is 30.3 Å². The zero-order valence-electron chi connectivity index (χ0n) is 17.2. The average molecular weight is 421 g/mol. The van der Waals surface area contributed by atoms with Crippen LogP contribution in [0.15, 0.2) is 59.5 Å². The second kappa shape index (κ2) is 11.3. The maximum absolute atomic E-state index is 13.2. The van der Waals surface area contributed by atoms with Crippen LogP contribution in [0.5, 0.6) is 5.75 Å². The van der Waals surface area contributed by atoms with Gasteiger partial charge in [0, 0.05) is 25.2 Å². The second-order valence-electron chi connectivity index (χ2n) is 7.17. The number of rotatable bonds is 12. The van der Waals surface area contributed by atoms with Crippen LogP contribution >= 0.6 is 0 Å². The number of methoxy groups -OCH3 is 1. The lowest BCUT2D eigenvalue weighted by molar-refractivity contribution is 0.118. The summed E-state index contributed by atoms with van der Waals surface area (Å²) in [6.07, 6.45) is 2.11. The molecule has 29 heavy (non-hydrogen) atoms. The molecule has 2 atom stereocenters. The fraction of sp³-hybridized carbons (Fsp3) is 0.455. The first-order valence-electron chi connectivity index (χ1n) is 10.00. The van der Waals surface area contributed by atoms with Crippen LogP contribution in [-0.2, 0) is 16.4 Å². The van der Waals surface area contributed by atoms with Gasteiger partial charge in [-0.1, -0.05) is 56.2 Å². The summed E-state index contributed by atoms with van der Waals surface area (Å²) in [6, 6.07) is 15.5. The van der Waals surface area contributed by atoms with Gasteiger partial charge in [-0.25, -0.2) is 8.42 Å². The monoisotopic (exact) mass is 420 g/mol. The van der Waals surface area contributed by atoms with Crippen LogP contribution in [-0.4, -0.2) is 50.2 Å². The van der Waals surface area contributed by atoms with Gasteiger partial charge in [0.2, 0.25) is 10.0 Å². The fourth-order valence-corrected chi connectivity index (χ4v) is 4.66. The van der Waals surface area contributed by atoms with Crippen LogP contribution in [0.4, 0.5) is 0 Å². The number of ether oxygens (including phenoxy) is 1. The van der Waals surface area contributed by atoms with Gasteiger partial charge in [-0.15, -0.1) is 0 Å². The SMILES string of the molecule is CCCCCN(C[C@@H](O)C(N)Cc1ccccc1)S(=O)(=O)c1cccc(OC)c1. The zero-order chi connectivity index (χ0) is 21.3. The standard InChI is InChI=1S/C22H32N2O4S/c1-3-4-8-14-24(29(26,27)20-13-9-12-19(16-20)28-2)17-22(25)21(23)15-18-10-6-5-7-11-18/h5-7,9-13,16,21-22,25H,3-4,8,14-15,17,23H2,1-2H3/t21?,22-/m1/s1. The molecule has 2 rings (SSSR count). The van der Waals surface area contributed by atoms with Crippen LogP contribution in [0.1, 0.15) is 31.7 Å². The Morgan fingerprint density at radius 2 is 1.83 bits per heavy atom. The normalized spacial score (nSPS) is 14.0. The molecule has 0 heterocycles. The van der Waals surface area contributed by atoms with Crippen LogP contribution in [0.25, 0.3) is 0 Å². The van der Waals surface area contributed by atoms with Gasteiger partial charge < -0.3 is 15.6 Å². The third-order valence-corrected chi connectivity index (χ3v) is 6.75. The van der Waals surface area contributed by atoms with Gasteiger partial charge in [-0.2, -0.15) is 4.31 Å². The van der Waals surface area contributed by atoms with Crippen molar-refractivity contribution in [2.45, 2.75) is 49.6 Å². The highest BCUT2D eigenvalue weighted by Crippen LogP contribution is 2.22. The first kappa shape index (κ1) is 23.3. The van der Waals surface area contributed by atoms with Gasteiger partial charge in [-0.05, 0) is 30.5 Å². The van der Waals surface area contributed by atoms with E-state index in [0.29, 0.717) is 18.7 Å². The van der Waals surface area contributed by atoms with E-state index in [0.717, 1.165) is 24.8 Å². The highest BCUT2D eigenvalue weighted by atomic mass is 32.2. The Balaban J connectivity index is 2.17. The van der Waals surface area contributed by atoms with Gasteiger partial charge in [0.05, 0.1) is 18.1 Å². The first-order valence-corrected chi connectivity index (χ1v) is 11.4. The van der Waals surface area contributed by atoms with Crippen LogP contribution < -0.4 is 10.5 Å². The van der Waals surface area contributed by atoms with Gasteiger partial charge in [-0.3, -0.25) is 0 Å². The Bertz CT molecular complexity index is 843. The number of nitrogens with zero attached hydrogens (tertiary/aromatic N) is 1. The van der Waals surface area contributed by atoms with Crippen molar-refractivity contribution >= 4 is 10.0 Å². The van der Waals surface area contributed by atoms with Crippen molar-refractivity contribution in [3.63, 3.8) is 0 Å². The first-order chi connectivity index (χ1) is 13.9. The summed E-state index contributed by atoms with van der Waals surface area (Å²) in [4.78, 5) is 0.150. The molecule has 3 N–H and O–H groups in total. The van der Waals surface area contributed by atoms with Crippen molar-refractivity contribution in [2.75, 3.05) is 20.2 Å². The predicted octanol–water partition coefficient (Wildman–Crippen LogP) is 2.81. The number of aliphatic hydroxyl groups excluding tert-OH is 1. The summed E-state index contributed by atoms with van der Waals surface area (Å²) in [7, 11) is -2.28. The Morgan fingerprint density at radius 3 is 2.48 bits per heavy atom. The van der Waals surface area contributed by atoms with Crippen molar-refractivity contribution < 1.29 is 18.3 Å². The van der Waals surface area contributed by atoms with Crippen molar-refractivity contribution in [1.82, 2.24) is 4.31 Å². The Hall–Kier alpha value is -1.93. The van der Waals surface area contributed by atoms with Gasteiger partial charge >= 0.3 is 0 Å². The molecular weight excluding hydrogens is 388 g/mol. The lowest BCUT2D eigenvalue weighted by Crippen LogP contribution is -2.46. The molecule has 0 aliphatic carbocycles. The quantitative estimate of drug-likeness (QED) is 0.515. The smallest absolute Gasteiger partial charge is 0.243 e. The summed E-state index contributed by atoms with van der Waals surface area (Å²) < 4.78 is 33.0. The summed E-state index contributed by atoms with van der Waals surface area (Å²) >= 11 is 0. The van der Waals surface area contributed by atoms with E-state index in [9.17, 15) is 13.5 Å². The molecule has 1 unspecified atom stereocenters. The van der Waals surface area contributed by atoms with Crippen molar-refractivity contribution in [1.29, 1.82) is 0 Å². The van der Waals surface area contributed by atoms with E-state index in [-0.39, 0.29) is 11.4 Å². The molecule has 0 radical (unpaired) electrons. The molecule has 0 aliphatic heterocycles. The molecule has 0 amide bonds. The maximum atomic E-state index is 13.2. The molecule has 0 aromatic heterocycles. The van der Waals surface area contributed by atoms with E-state index in [2.05, 4.69) is 6.92 Å². The fourth-order valence-electron chi connectivity index (χ4n) is 3.12. The highest BCUT2D eigenvalue weighted by Gasteiger charge is 2.28. The summed E-state index contributed by atoms with van der Waals surface area (Å²) in [5.41, 5.74) is 7.20. The Labute approximate surface area is 174 Å². The summed E-state index contributed by atoms with van der Waals surface area (Å²) in [6.45, 7) is 2.35. The number of aliphatic hydroxyl groups is 1. The minimum Gasteiger partial charge on any atom is -0.497 e. The molecule has 2 aromatic rings. The molecule has 7 heteroatoms. The second-order valence-corrected chi connectivity index (χ2v) is 9.11. The average Bonchev–Trinajstić information content (AvgIpc) is 2.73. The van der Waals surface area contributed by atoms with E-state index in [1.54, 1.807) is 18.2 Å². The lowest BCUT2D eigenvalue weighted by Gasteiger charge is -2.27. The molecule has 0 saturated carbocycles. The summed E-state index contributed by atoms with van der Waals surface area (Å²) in [5.74, 6) is 0.473. The van der Waals surface area contributed by atoms with E-state index < -0.39 is 22.2 Å². The van der Waals surface area contributed by atoms with Gasteiger partial charge in [0.1, 0.15) is 5.75 Å². The lowest BCUT2D eigenvalue weighted by atomic mass is 10.0. The van der Waals surface area contributed by atoms with E-state index in [4.69, 9.17) is 10.5 Å². The Morgan fingerprint density at radius 1 is 1.10 bits per heavy atom.